The lowest BCUT2D eigenvalue weighted by molar-refractivity contribution is -0.367. The molecule has 0 aromatic carbocycles. The van der Waals surface area contributed by atoms with Gasteiger partial charge in [-0.2, -0.15) is 0 Å². The van der Waals surface area contributed by atoms with Crippen molar-refractivity contribution in [2.75, 3.05) is 20.3 Å². The van der Waals surface area contributed by atoms with Gasteiger partial charge in [0.05, 0.1) is 0 Å². The Morgan fingerprint density at radius 1 is 1.15 bits per heavy atom. The van der Waals surface area contributed by atoms with Gasteiger partial charge < -0.3 is 19.3 Å². The fraction of sp³-hybridized carbons (Fsp3) is 0.889. The van der Waals surface area contributed by atoms with Gasteiger partial charge in [0.2, 0.25) is 0 Å². The molecular formula is C9H19O4. The van der Waals surface area contributed by atoms with Crippen molar-refractivity contribution in [1.29, 1.82) is 0 Å². The van der Waals surface area contributed by atoms with E-state index in [4.69, 9.17) is 14.2 Å². The second-order valence-electron chi connectivity index (χ2n) is 2.43. The van der Waals surface area contributed by atoms with Crippen molar-refractivity contribution in [2.45, 2.75) is 33.2 Å². The first kappa shape index (κ1) is 12.8. The molecule has 0 aliphatic carbocycles. The van der Waals surface area contributed by atoms with Crippen LogP contribution in [0.5, 0.6) is 0 Å². The topological polar surface area (TPSA) is 47.9 Å². The van der Waals surface area contributed by atoms with Crippen LogP contribution in [0, 0.1) is 6.10 Å². The SMILES string of the molecule is CCOC(O)(OCC)[C](CC)OC. The number of hydrogen-bond donors (Lipinski definition) is 1. The van der Waals surface area contributed by atoms with Crippen LogP contribution >= 0.6 is 0 Å². The maximum Gasteiger partial charge on any atom is 0.314 e. The first-order chi connectivity index (χ1) is 6.14. The molecule has 0 spiro atoms. The summed E-state index contributed by atoms with van der Waals surface area (Å²) in [6.07, 6.45) is 0.934. The standard InChI is InChI=1S/C9H19O4/c1-5-8(11-4)9(10,12-6-2)13-7-3/h10H,5-7H2,1-4H3. The summed E-state index contributed by atoms with van der Waals surface area (Å²) in [5.74, 6) is -1.69. The Morgan fingerprint density at radius 2 is 1.62 bits per heavy atom. The Balaban J connectivity index is 4.33. The first-order valence-corrected chi connectivity index (χ1v) is 4.55. The third-order valence-corrected chi connectivity index (χ3v) is 1.60. The van der Waals surface area contributed by atoms with Gasteiger partial charge in [0.1, 0.15) is 0 Å². The average Bonchev–Trinajstić information content (AvgIpc) is 2.07. The van der Waals surface area contributed by atoms with E-state index in [1.165, 1.54) is 7.11 Å². The zero-order valence-electron chi connectivity index (χ0n) is 8.79. The van der Waals surface area contributed by atoms with Gasteiger partial charge in [0.15, 0.2) is 6.10 Å². The second-order valence-corrected chi connectivity index (χ2v) is 2.43. The summed E-state index contributed by atoms with van der Waals surface area (Å²) in [6.45, 7) is 6.16. The van der Waals surface area contributed by atoms with Gasteiger partial charge in [-0.1, -0.05) is 6.92 Å². The zero-order valence-corrected chi connectivity index (χ0v) is 8.79. The van der Waals surface area contributed by atoms with Gasteiger partial charge in [-0.15, -0.1) is 0 Å². The molecule has 79 valence electrons. The van der Waals surface area contributed by atoms with Crippen molar-refractivity contribution >= 4 is 0 Å². The van der Waals surface area contributed by atoms with Crippen LogP contribution in [-0.2, 0) is 14.2 Å². The van der Waals surface area contributed by atoms with E-state index in [0.29, 0.717) is 25.7 Å². The molecule has 0 saturated carbocycles. The minimum atomic E-state index is -1.69. The molecule has 13 heavy (non-hydrogen) atoms. The van der Waals surface area contributed by atoms with Crippen LogP contribution in [0.3, 0.4) is 0 Å². The fourth-order valence-electron chi connectivity index (χ4n) is 1.09. The van der Waals surface area contributed by atoms with E-state index in [2.05, 4.69) is 0 Å². The first-order valence-electron chi connectivity index (χ1n) is 4.55. The monoisotopic (exact) mass is 191 g/mol. The molecule has 0 aromatic rings. The number of hydrogen-bond acceptors (Lipinski definition) is 4. The van der Waals surface area contributed by atoms with Crippen molar-refractivity contribution < 1.29 is 19.3 Å². The Morgan fingerprint density at radius 3 is 1.85 bits per heavy atom. The minimum Gasteiger partial charge on any atom is -0.366 e. The van der Waals surface area contributed by atoms with Crippen LogP contribution in [0.25, 0.3) is 0 Å². The summed E-state index contributed by atoms with van der Waals surface area (Å²) in [5, 5.41) is 9.86. The van der Waals surface area contributed by atoms with Gasteiger partial charge in [-0.05, 0) is 20.3 Å². The van der Waals surface area contributed by atoms with E-state index < -0.39 is 5.97 Å². The highest BCUT2D eigenvalue weighted by atomic mass is 16.8. The van der Waals surface area contributed by atoms with E-state index in [1.54, 1.807) is 13.8 Å². The summed E-state index contributed by atoms with van der Waals surface area (Å²) in [4.78, 5) is 0. The van der Waals surface area contributed by atoms with E-state index in [1.807, 2.05) is 6.92 Å². The van der Waals surface area contributed by atoms with Crippen molar-refractivity contribution in [2.24, 2.45) is 0 Å². The molecule has 0 aromatic heterocycles. The predicted molar refractivity (Wildman–Crippen MR) is 48.7 cm³/mol. The van der Waals surface area contributed by atoms with Crippen molar-refractivity contribution in [3.8, 4) is 0 Å². The van der Waals surface area contributed by atoms with Crippen LogP contribution in [-0.4, -0.2) is 31.4 Å². The molecule has 0 bridgehead atoms. The summed E-state index contributed by atoms with van der Waals surface area (Å²) in [5.41, 5.74) is 0. The maximum atomic E-state index is 9.86. The lowest BCUT2D eigenvalue weighted by atomic mass is 10.2. The lowest BCUT2D eigenvalue weighted by Gasteiger charge is -2.31. The molecule has 1 radical (unpaired) electrons. The summed E-state index contributed by atoms with van der Waals surface area (Å²) >= 11 is 0. The number of ether oxygens (including phenoxy) is 3. The Kier molecular flexibility index (Phi) is 6.24. The van der Waals surface area contributed by atoms with Gasteiger partial charge >= 0.3 is 5.97 Å². The van der Waals surface area contributed by atoms with E-state index in [-0.39, 0.29) is 0 Å². The maximum absolute atomic E-state index is 9.86. The summed E-state index contributed by atoms with van der Waals surface area (Å²) in [6, 6.07) is 0. The highest BCUT2D eigenvalue weighted by Crippen LogP contribution is 2.26. The number of aliphatic hydroxyl groups is 1. The third-order valence-electron chi connectivity index (χ3n) is 1.60. The molecule has 0 aliphatic heterocycles. The molecule has 0 heterocycles. The van der Waals surface area contributed by atoms with E-state index in [0.717, 1.165) is 0 Å². The third kappa shape index (κ3) is 3.60. The summed E-state index contributed by atoms with van der Waals surface area (Å²) in [7, 11) is 1.49. The van der Waals surface area contributed by atoms with Crippen LogP contribution in [0.2, 0.25) is 0 Å². The van der Waals surface area contributed by atoms with Gasteiger partial charge in [-0.25, -0.2) is 0 Å². The molecule has 4 heteroatoms. The number of rotatable bonds is 7. The van der Waals surface area contributed by atoms with Crippen molar-refractivity contribution in [3.63, 3.8) is 0 Å². The van der Waals surface area contributed by atoms with Gasteiger partial charge in [0.25, 0.3) is 0 Å². The van der Waals surface area contributed by atoms with Crippen LogP contribution in [0.15, 0.2) is 0 Å². The zero-order chi connectivity index (χ0) is 10.3. The molecule has 0 amide bonds. The Labute approximate surface area is 79.8 Å². The van der Waals surface area contributed by atoms with Gasteiger partial charge in [0, 0.05) is 20.3 Å². The van der Waals surface area contributed by atoms with E-state index >= 15 is 0 Å². The van der Waals surface area contributed by atoms with Crippen molar-refractivity contribution in [3.05, 3.63) is 6.10 Å². The van der Waals surface area contributed by atoms with Crippen molar-refractivity contribution in [1.82, 2.24) is 0 Å². The molecule has 4 nitrogen and oxygen atoms in total. The molecule has 0 saturated heterocycles. The molecule has 0 unspecified atom stereocenters. The predicted octanol–water partition coefficient (Wildman–Crippen LogP) is 1.29. The van der Waals surface area contributed by atoms with Gasteiger partial charge in [-0.3, -0.25) is 0 Å². The largest absolute Gasteiger partial charge is 0.366 e. The molecule has 0 rings (SSSR count). The molecule has 0 atom stereocenters. The highest BCUT2D eigenvalue weighted by molar-refractivity contribution is 4.87. The van der Waals surface area contributed by atoms with Crippen LogP contribution in [0.4, 0.5) is 0 Å². The normalized spacial score (nSPS) is 12.5. The minimum absolute atomic E-state index is 0.364. The quantitative estimate of drug-likeness (QED) is 0.616. The molecule has 0 aliphatic rings. The smallest absolute Gasteiger partial charge is 0.314 e. The van der Waals surface area contributed by atoms with Crippen LogP contribution < -0.4 is 0 Å². The summed E-state index contributed by atoms with van der Waals surface area (Å²) < 4.78 is 15.2. The molecule has 0 fully saturated rings. The molecular weight excluding hydrogens is 172 g/mol. The van der Waals surface area contributed by atoms with Crippen LogP contribution in [0.1, 0.15) is 27.2 Å². The lowest BCUT2D eigenvalue weighted by Crippen LogP contribution is -2.43. The van der Waals surface area contributed by atoms with E-state index in [9.17, 15) is 5.11 Å². The highest BCUT2D eigenvalue weighted by Gasteiger charge is 2.39. The fourth-order valence-corrected chi connectivity index (χ4v) is 1.09. The average molecular weight is 191 g/mol. The second kappa shape index (κ2) is 6.32. The molecule has 1 N–H and O–H groups in total. The number of methoxy groups -OCH3 is 1. The Bertz CT molecular complexity index is 117. The Hall–Kier alpha value is -0.160.